The molecule has 0 aliphatic rings. The average Bonchev–Trinajstić information content (AvgIpc) is 3.11. The molecule has 3 aromatic rings. The van der Waals surface area contributed by atoms with Crippen LogP contribution in [0.25, 0.3) is 11.3 Å². The van der Waals surface area contributed by atoms with Gasteiger partial charge in [0.05, 0.1) is 12.2 Å². The third kappa shape index (κ3) is 4.02. The van der Waals surface area contributed by atoms with Gasteiger partial charge in [-0.25, -0.2) is 4.98 Å². The zero-order valence-electron chi connectivity index (χ0n) is 13.1. The van der Waals surface area contributed by atoms with Gasteiger partial charge in [0.2, 0.25) is 5.91 Å². The highest BCUT2D eigenvalue weighted by Crippen LogP contribution is 2.28. The molecule has 3 rings (SSSR count). The van der Waals surface area contributed by atoms with Crippen LogP contribution >= 0.6 is 22.9 Å². The van der Waals surface area contributed by atoms with Crippen LogP contribution in [0.4, 0.5) is 5.13 Å². The Labute approximate surface area is 150 Å². The second-order valence-electron chi connectivity index (χ2n) is 5.29. The summed E-state index contributed by atoms with van der Waals surface area (Å²) in [6.45, 7) is 0.498. The molecule has 122 valence electrons. The monoisotopic (exact) mass is 356 g/mol. The number of benzene rings is 2. The number of hydrogen-bond acceptors (Lipinski definition) is 3. The quantitative estimate of drug-likeness (QED) is 0.584. The first-order chi connectivity index (χ1) is 11.8. The molecule has 0 N–H and O–H groups in total. The van der Waals surface area contributed by atoms with Crippen molar-refractivity contribution in [3.8, 4) is 11.3 Å². The van der Waals surface area contributed by atoms with E-state index in [4.69, 9.17) is 11.6 Å². The maximum absolute atomic E-state index is 12.5. The fraction of sp³-hybridized carbons (Fsp3) is 0.158. The lowest BCUT2D eigenvalue weighted by molar-refractivity contribution is -0.118. The number of carbonyl (C=O) groups is 1. The molecule has 24 heavy (non-hydrogen) atoms. The maximum Gasteiger partial charge on any atom is 0.230 e. The molecule has 2 aromatic carbocycles. The van der Waals surface area contributed by atoms with E-state index in [9.17, 15) is 4.79 Å². The minimum Gasteiger partial charge on any atom is -0.284 e. The SMILES string of the molecule is O=C(CCCl)N(Cc1ccccc1)c1nc(-c2ccccc2)cs1. The van der Waals surface area contributed by atoms with Gasteiger partial charge in [-0.2, -0.15) is 0 Å². The number of carbonyl (C=O) groups excluding carboxylic acids is 1. The van der Waals surface area contributed by atoms with Gasteiger partial charge in [-0.1, -0.05) is 60.7 Å². The molecular weight excluding hydrogens is 340 g/mol. The molecule has 0 bridgehead atoms. The van der Waals surface area contributed by atoms with Crippen molar-refractivity contribution in [3.05, 3.63) is 71.6 Å². The van der Waals surface area contributed by atoms with E-state index in [1.807, 2.05) is 66.0 Å². The van der Waals surface area contributed by atoms with Crippen LogP contribution in [0.15, 0.2) is 66.0 Å². The van der Waals surface area contributed by atoms with Crippen LogP contribution in [0.3, 0.4) is 0 Å². The fourth-order valence-corrected chi connectivity index (χ4v) is 3.39. The van der Waals surface area contributed by atoms with E-state index in [2.05, 4.69) is 4.98 Å². The molecule has 0 radical (unpaired) electrons. The molecule has 0 atom stereocenters. The smallest absolute Gasteiger partial charge is 0.230 e. The van der Waals surface area contributed by atoms with Crippen molar-refractivity contribution >= 4 is 34.0 Å². The summed E-state index contributed by atoms with van der Waals surface area (Å²) in [5.74, 6) is 0.295. The summed E-state index contributed by atoms with van der Waals surface area (Å²) in [4.78, 5) is 18.9. The van der Waals surface area contributed by atoms with Crippen LogP contribution in [0.2, 0.25) is 0 Å². The summed E-state index contributed by atoms with van der Waals surface area (Å²) in [7, 11) is 0. The third-order valence-corrected chi connectivity index (χ3v) is 4.64. The second kappa shape index (κ2) is 8.08. The zero-order valence-corrected chi connectivity index (χ0v) is 14.6. The third-order valence-electron chi connectivity index (χ3n) is 3.59. The van der Waals surface area contributed by atoms with Crippen molar-refractivity contribution in [1.82, 2.24) is 4.98 Å². The Morgan fingerprint density at radius 1 is 1.04 bits per heavy atom. The average molecular weight is 357 g/mol. The van der Waals surface area contributed by atoms with Gasteiger partial charge in [-0.15, -0.1) is 22.9 Å². The van der Waals surface area contributed by atoms with E-state index in [0.29, 0.717) is 24.0 Å². The van der Waals surface area contributed by atoms with Crippen molar-refractivity contribution in [3.63, 3.8) is 0 Å². The number of rotatable bonds is 6. The number of anilines is 1. The molecule has 3 nitrogen and oxygen atoms in total. The predicted octanol–water partition coefficient (Wildman–Crippen LogP) is 4.97. The summed E-state index contributed by atoms with van der Waals surface area (Å²) in [6, 6.07) is 19.9. The van der Waals surface area contributed by atoms with Gasteiger partial charge in [-0.3, -0.25) is 9.69 Å². The van der Waals surface area contributed by atoms with Crippen molar-refractivity contribution in [2.45, 2.75) is 13.0 Å². The Morgan fingerprint density at radius 2 is 1.71 bits per heavy atom. The highest BCUT2D eigenvalue weighted by Gasteiger charge is 2.19. The first-order valence-electron chi connectivity index (χ1n) is 7.69. The van der Waals surface area contributed by atoms with Gasteiger partial charge in [-0.05, 0) is 5.56 Å². The normalized spacial score (nSPS) is 10.5. The number of nitrogens with zero attached hydrogens (tertiary/aromatic N) is 2. The number of thiazole rings is 1. The van der Waals surface area contributed by atoms with Gasteiger partial charge in [0.15, 0.2) is 5.13 Å². The lowest BCUT2D eigenvalue weighted by Gasteiger charge is -2.19. The molecule has 1 heterocycles. The van der Waals surface area contributed by atoms with Gasteiger partial charge >= 0.3 is 0 Å². The minimum atomic E-state index is -0.0113. The highest BCUT2D eigenvalue weighted by atomic mass is 35.5. The Bertz CT molecular complexity index is 789. The van der Waals surface area contributed by atoms with E-state index >= 15 is 0 Å². The van der Waals surface area contributed by atoms with Crippen LogP contribution in [0, 0.1) is 0 Å². The van der Waals surface area contributed by atoms with E-state index in [1.165, 1.54) is 11.3 Å². The zero-order chi connectivity index (χ0) is 16.8. The molecule has 5 heteroatoms. The summed E-state index contributed by atoms with van der Waals surface area (Å²) in [5.41, 5.74) is 2.99. The van der Waals surface area contributed by atoms with E-state index in [-0.39, 0.29) is 5.91 Å². The summed E-state index contributed by atoms with van der Waals surface area (Å²) >= 11 is 7.24. The van der Waals surface area contributed by atoms with E-state index in [1.54, 1.807) is 4.90 Å². The molecule has 0 aliphatic heterocycles. The molecule has 0 saturated carbocycles. The number of aromatic nitrogens is 1. The van der Waals surface area contributed by atoms with Crippen molar-refractivity contribution in [2.24, 2.45) is 0 Å². The summed E-state index contributed by atoms with van der Waals surface area (Å²) < 4.78 is 0. The topological polar surface area (TPSA) is 33.2 Å². The first-order valence-corrected chi connectivity index (χ1v) is 9.10. The number of halogens is 1. The molecule has 0 spiro atoms. The van der Waals surface area contributed by atoms with Crippen LogP contribution in [0.1, 0.15) is 12.0 Å². The second-order valence-corrected chi connectivity index (χ2v) is 6.50. The van der Waals surface area contributed by atoms with Crippen molar-refractivity contribution in [2.75, 3.05) is 10.8 Å². The molecule has 1 aromatic heterocycles. The molecule has 1 amide bonds. The Hall–Kier alpha value is -2.17. The fourth-order valence-electron chi connectivity index (χ4n) is 2.37. The van der Waals surface area contributed by atoms with Crippen LogP contribution < -0.4 is 4.90 Å². The highest BCUT2D eigenvalue weighted by molar-refractivity contribution is 7.14. The van der Waals surface area contributed by atoms with E-state index < -0.39 is 0 Å². The molecule has 0 saturated heterocycles. The van der Waals surface area contributed by atoms with Crippen molar-refractivity contribution < 1.29 is 4.79 Å². The molecular formula is C19H17ClN2OS. The number of amides is 1. The van der Waals surface area contributed by atoms with Gasteiger partial charge in [0.1, 0.15) is 0 Å². The molecule has 0 fully saturated rings. The summed E-state index contributed by atoms with van der Waals surface area (Å²) in [5, 5.41) is 2.68. The van der Waals surface area contributed by atoms with Gasteiger partial charge in [0, 0.05) is 23.2 Å². The maximum atomic E-state index is 12.5. The van der Waals surface area contributed by atoms with Crippen LogP contribution in [-0.2, 0) is 11.3 Å². The molecule has 0 aliphatic carbocycles. The Balaban J connectivity index is 1.88. The largest absolute Gasteiger partial charge is 0.284 e. The standard InChI is InChI=1S/C19H17ClN2OS/c20-12-11-18(23)22(13-15-7-3-1-4-8-15)19-21-17(14-24-19)16-9-5-2-6-10-16/h1-10,14H,11-13H2. The number of alkyl halides is 1. The minimum absolute atomic E-state index is 0.0113. The van der Waals surface area contributed by atoms with Crippen LogP contribution in [0.5, 0.6) is 0 Å². The molecule has 0 unspecified atom stereocenters. The van der Waals surface area contributed by atoms with Gasteiger partial charge < -0.3 is 0 Å². The van der Waals surface area contributed by atoms with Crippen LogP contribution in [-0.4, -0.2) is 16.8 Å². The Kier molecular flexibility index (Phi) is 5.62. The Morgan fingerprint density at radius 3 is 2.38 bits per heavy atom. The lowest BCUT2D eigenvalue weighted by Crippen LogP contribution is -2.30. The summed E-state index contributed by atoms with van der Waals surface area (Å²) in [6.07, 6.45) is 0.300. The van der Waals surface area contributed by atoms with E-state index in [0.717, 1.165) is 16.8 Å². The van der Waals surface area contributed by atoms with Gasteiger partial charge in [0.25, 0.3) is 0 Å². The van der Waals surface area contributed by atoms with Crippen molar-refractivity contribution in [1.29, 1.82) is 0 Å². The number of hydrogen-bond donors (Lipinski definition) is 0. The predicted molar refractivity (Wildman–Crippen MR) is 101 cm³/mol. The first kappa shape index (κ1) is 16.7. The lowest BCUT2D eigenvalue weighted by atomic mass is 10.2.